The summed E-state index contributed by atoms with van der Waals surface area (Å²) in [5, 5.41) is 10.5. The van der Waals surface area contributed by atoms with Crippen LogP contribution in [0.1, 0.15) is 30.3 Å². The summed E-state index contributed by atoms with van der Waals surface area (Å²) >= 11 is 0. The van der Waals surface area contributed by atoms with Gasteiger partial charge in [-0.05, 0) is 32.3 Å². The topological polar surface area (TPSA) is 90.6 Å². The van der Waals surface area contributed by atoms with Crippen LogP contribution in [0.4, 0.5) is 9.59 Å². The zero-order valence-corrected chi connectivity index (χ0v) is 14.1. The van der Waals surface area contributed by atoms with Crippen molar-refractivity contribution >= 4 is 12.1 Å². The van der Waals surface area contributed by atoms with Gasteiger partial charge in [-0.1, -0.05) is 0 Å². The van der Waals surface area contributed by atoms with E-state index < -0.39 is 5.54 Å². The van der Waals surface area contributed by atoms with Gasteiger partial charge in [0, 0.05) is 37.8 Å². The number of urea groups is 1. The van der Waals surface area contributed by atoms with E-state index in [1.165, 1.54) is 5.56 Å². The van der Waals surface area contributed by atoms with E-state index in [1.807, 2.05) is 13.8 Å². The predicted octanol–water partition coefficient (Wildman–Crippen LogP) is 0.812. The largest absolute Gasteiger partial charge is 0.447 e. The summed E-state index contributed by atoms with van der Waals surface area (Å²) in [5.41, 5.74) is 3.08. The van der Waals surface area contributed by atoms with Crippen molar-refractivity contribution in [3.05, 3.63) is 17.0 Å². The van der Waals surface area contributed by atoms with E-state index in [0.29, 0.717) is 26.2 Å². The average Bonchev–Trinajstić information content (AvgIpc) is 3.07. The standard InChI is InChI=1S/C16H23N5O3/c1-10-12-4-3-11(7-13(12)19-18-10)17-14(22)20-5-6-21-15(23)24-9-16(21,2)8-20/h11H,3-9H2,1-2H3,(H,17,22)(H,18,19). The number of aryl methyl sites for hydroxylation is 1. The minimum Gasteiger partial charge on any atom is -0.447 e. The van der Waals surface area contributed by atoms with Crippen molar-refractivity contribution in [2.75, 3.05) is 26.2 Å². The van der Waals surface area contributed by atoms with Crippen LogP contribution < -0.4 is 5.32 Å². The summed E-state index contributed by atoms with van der Waals surface area (Å²) in [4.78, 5) is 27.9. The van der Waals surface area contributed by atoms with Gasteiger partial charge in [-0.25, -0.2) is 9.59 Å². The van der Waals surface area contributed by atoms with Crippen molar-refractivity contribution in [1.29, 1.82) is 0 Å². The van der Waals surface area contributed by atoms with E-state index in [9.17, 15) is 9.59 Å². The number of carbonyl (C=O) groups is 2. The van der Waals surface area contributed by atoms with E-state index in [1.54, 1.807) is 9.80 Å². The van der Waals surface area contributed by atoms with E-state index in [-0.39, 0.29) is 18.2 Å². The molecule has 2 fully saturated rings. The van der Waals surface area contributed by atoms with Gasteiger partial charge >= 0.3 is 12.1 Å². The van der Waals surface area contributed by atoms with Crippen LogP contribution in [-0.2, 0) is 17.6 Å². The molecule has 2 atom stereocenters. The third-order valence-corrected chi connectivity index (χ3v) is 5.46. The number of carbonyl (C=O) groups excluding carboxylic acids is 2. The van der Waals surface area contributed by atoms with Gasteiger partial charge in [-0.2, -0.15) is 5.10 Å². The van der Waals surface area contributed by atoms with Gasteiger partial charge in [-0.3, -0.25) is 10.00 Å². The van der Waals surface area contributed by atoms with Crippen LogP contribution in [0.2, 0.25) is 0 Å². The van der Waals surface area contributed by atoms with Crippen molar-refractivity contribution < 1.29 is 14.3 Å². The molecule has 8 nitrogen and oxygen atoms in total. The number of amides is 3. The molecule has 0 bridgehead atoms. The highest BCUT2D eigenvalue weighted by Crippen LogP contribution is 2.28. The fraction of sp³-hybridized carbons (Fsp3) is 0.688. The first-order chi connectivity index (χ1) is 11.5. The van der Waals surface area contributed by atoms with E-state index >= 15 is 0 Å². The molecular formula is C16H23N5O3. The van der Waals surface area contributed by atoms with Gasteiger partial charge in [0.1, 0.15) is 6.61 Å². The summed E-state index contributed by atoms with van der Waals surface area (Å²) in [7, 11) is 0. The van der Waals surface area contributed by atoms with Gasteiger partial charge in [0.25, 0.3) is 0 Å². The molecule has 2 N–H and O–H groups in total. The van der Waals surface area contributed by atoms with Crippen LogP contribution in [0.25, 0.3) is 0 Å². The molecule has 3 heterocycles. The third kappa shape index (κ3) is 2.40. The number of aromatic nitrogens is 2. The highest BCUT2D eigenvalue weighted by molar-refractivity contribution is 5.76. The number of hydrogen-bond donors (Lipinski definition) is 2. The number of ether oxygens (including phenoxy) is 1. The van der Waals surface area contributed by atoms with Crippen molar-refractivity contribution in [2.45, 2.75) is 44.7 Å². The molecule has 8 heteroatoms. The molecule has 2 aliphatic heterocycles. The number of fused-ring (bicyclic) bond motifs is 2. The fourth-order valence-corrected chi connectivity index (χ4v) is 4.02. The maximum absolute atomic E-state index is 12.6. The van der Waals surface area contributed by atoms with Gasteiger partial charge in [0.2, 0.25) is 0 Å². The monoisotopic (exact) mass is 333 g/mol. The smallest absolute Gasteiger partial charge is 0.410 e. The summed E-state index contributed by atoms with van der Waals surface area (Å²) in [6.45, 7) is 5.91. The Morgan fingerprint density at radius 1 is 1.46 bits per heavy atom. The second kappa shape index (κ2) is 5.39. The SMILES string of the molecule is Cc1[nH]nc2c1CCC(NC(=O)N1CCN3C(=O)OCC3(C)C1)C2. The Morgan fingerprint density at radius 3 is 3.12 bits per heavy atom. The van der Waals surface area contributed by atoms with Crippen molar-refractivity contribution in [2.24, 2.45) is 0 Å². The summed E-state index contributed by atoms with van der Waals surface area (Å²) < 4.78 is 5.14. The first-order valence-corrected chi connectivity index (χ1v) is 8.49. The first kappa shape index (κ1) is 15.3. The van der Waals surface area contributed by atoms with Gasteiger partial charge < -0.3 is 15.0 Å². The molecule has 0 radical (unpaired) electrons. The van der Waals surface area contributed by atoms with E-state index in [4.69, 9.17) is 4.74 Å². The van der Waals surface area contributed by atoms with Crippen LogP contribution in [0.5, 0.6) is 0 Å². The zero-order valence-electron chi connectivity index (χ0n) is 14.1. The quantitative estimate of drug-likeness (QED) is 0.796. The van der Waals surface area contributed by atoms with Crippen molar-refractivity contribution in [1.82, 2.24) is 25.3 Å². The van der Waals surface area contributed by atoms with Crippen molar-refractivity contribution in [3.63, 3.8) is 0 Å². The lowest BCUT2D eigenvalue weighted by molar-refractivity contribution is 0.0785. The third-order valence-electron chi connectivity index (χ3n) is 5.46. The molecular weight excluding hydrogens is 310 g/mol. The summed E-state index contributed by atoms with van der Waals surface area (Å²) in [6, 6.07) is 0.0518. The Morgan fingerprint density at radius 2 is 2.29 bits per heavy atom. The molecule has 24 heavy (non-hydrogen) atoms. The number of cyclic esters (lactones) is 1. The average molecular weight is 333 g/mol. The van der Waals surface area contributed by atoms with Gasteiger partial charge in [-0.15, -0.1) is 0 Å². The number of piperazine rings is 1. The van der Waals surface area contributed by atoms with Gasteiger partial charge in [0.15, 0.2) is 0 Å². The molecule has 2 saturated heterocycles. The number of rotatable bonds is 1. The van der Waals surface area contributed by atoms with Crippen LogP contribution in [0, 0.1) is 6.92 Å². The zero-order chi connectivity index (χ0) is 16.9. The number of nitrogens with zero attached hydrogens (tertiary/aromatic N) is 3. The minimum absolute atomic E-state index is 0.0593. The lowest BCUT2D eigenvalue weighted by Gasteiger charge is -2.42. The highest BCUT2D eigenvalue weighted by atomic mass is 16.6. The fourth-order valence-electron chi connectivity index (χ4n) is 4.02. The lowest BCUT2D eigenvalue weighted by atomic mass is 9.92. The molecule has 0 saturated carbocycles. The van der Waals surface area contributed by atoms with Gasteiger partial charge in [0.05, 0.1) is 11.2 Å². The van der Waals surface area contributed by atoms with E-state index in [0.717, 1.165) is 30.7 Å². The lowest BCUT2D eigenvalue weighted by Crippen LogP contribution is -2.62. The first-order valence-electron chi connectivity index (χ1n) is 8.49. The number of hydrogen-bond acceptors (Lipinski definition) is 4. The molecule has 3 aliphatic rings. The van der Waals surface area contributed by atoms with Crippen LogP contribution >= 0.6 is 0 Å². The van der Waals surface area contributed by atoms with Crippen LogP contribution in [-0.4, -0.2) is 69.9 Å². The Hall–Kier alpha value is -2.25. The number of nitrogens with one attached hydrogen (secondary N) is 2. The molecule has 2 unspecified atom stereocenters. The summed E-state index contributed by atoms with van der Waals surface area (Å²) in [5.74, 6) is 0. The molecule has 4 rings (SSSR count). The Kier molecular flexibility index (Phi) is 3.43. The molecule has 0 spiro atoms. The maximum atomic E-state index is 12.6. The predicted molar refractivity (Wildman–Crippen MR) is 85.7 cm³/mol. The molecule has 1 aromatic heterocycles. The highest BCUT2D eigenvalue weighted by Gasteiger charge is 2.48. The number of H-pyrrole nitrogens is 1. The maximum Gasteiger partial charge on any atom is 0.410 e. The Balaban J connectivity index is 1.38. The van der Waals surface area contributed by atoms with E-state index in [2.05, 4.69) is 15.5 Å². The molecule has 1 aliphatic carbocycles. The molecule has 3 amide bonds. The normalized spacial score (nSPS) is 29.1. The number of aromatic amines is 1. The molecule has 0 aromatic carbocycles. The second-order valence-electron chi connectivity index (χ2n) is 7.29. The minimum atomic E-state index is -0.411. The Labute approximate surface area is 140 Å². The van der Waals surface area contributed by atoms with Crippen LogP contribution in [0.15, 0.2) is 0 Å². The molecule has 1 aromatic rings. The molecule has 130 valence electrons. The van der Waals surface area contributed by atoms with Crippen molar-refractivity contribution in [3.8, 4) is 0 Å². The van der Waals surface area contributed by atoms with Crippen LogP contribution in [0.3, 0.4) is 0 Å². The summed E-state index contributed by atoms with van der Waals surface area (Å²) in [6.07, 6.45) is 2.37. The second-order valence-corrected chi connectivity index (χ2v) is 7.29. The Bertz CT molecular complexity index is 687.